The Bertz CT molecular complexity index is 366. The van der Waals surface area contributed by atoms with Gasteiger partial charge in [-0.15, -0.1) is 0 Å². The Hall–Kier alpha value is -0.300. The molecule has 0 spiro atoms. The number of rotatable bonds is 5. The molecule has 1 atom stereocenters. The van der Waals surface area contributed by atoms with Gasteiger partial charge in [-0.3, -0.25) is 0 Å². The average molecular weight is 295 g/mol. The maximum atomic E-state index is 3.92. The Kier molecular flexibility index (Phi) is 4.67. The van der Waals surface area contributed by atoms with Gasteiger partial charge in [-0.2, -0.15) is 0 Å². The Balaban J connectivity index is 2.15. The van der Waals surface area contributed by atoms with Crippen molar-refractivity contribution in [1.82, 2.24) is 0 Å². The van der Waals surface area contributed by atoms with Crippen molar-refractivity contribution >= 4 is 15.9 Å². The first-order chi connectivity index (χ1) is 8.24. The summed E-state index contributed by atoms with van der Waals surface area (Å²) in [4.78, 5) is 0.564. The van der Waals surface area contributed by atoms with Crippen LogP contribution >= 0.6 is 15.9 Å². The first kappa shape index (κ1) is 13.1. The second-order valence-corrected chi connectivity index (χ2v) is 6.35. The van der Waals surface area contributed by atoms with Crippen LogP contribution in [0.2, 0.25) is 0 Å². The van der Waals surface area contributed by atoms with Gasteiger partial charge in [-0.1, -0.05) is 67.2 Å². The zero-order chi connectivity index (χ0) is 12.3. The van der Waals surface area contributed by atoms with Gasteiger partial charge in [0.25, 0.3) is 0 Å². The van der Waals surface area contributed by atoms with E-state index >= 15 is 0 Å². The fraction of sp³-hybridized carbons (Fsp3) is 0.625. The molecule has 2 rings (SSSR count). The second-order valence-electron chi connectivity index (χ2n) is 5.24. The monoisotopic (exact) mass is 294 g/mol. The summed E-state index contributed by atoms with van der Waals surface area (Å²) in [6, 6.07) is 7.02. The second kappa shape index (κ2) is 6.04. The summed E-state index contributed by atoms with van der Waals surface area (Å²) >= 11 is 3.92. The Labute approximate surface area is 114 Å². The van der Waals surface area contributed by atoms with E-state index in [1.807, 2.05) is 0 Å². The largest absolute Gasteiger partial charge is 0.0839 e. The third kappa shape index (κ3) is 3.13. The van der Waals surface area contributed by atoms with Gasteiger partial charge in [0.05, 0.1) is 0 Å². The van der Waals surface area contributed by atoms with Crippen molar-refractivity contribution in [1.29, 1.82) is 0 Å². The van der Waals surface area contributed by atoms with Crippen LogP contribution in [0.5, 0.6) is 0 Å². The number of alkyl halides is 1. The summed E-state index contributed by atoms with van der Waals surface area (Å²) in [5.41, 5.74) is 4.53. The molecule has 0 bridgehead atoms. The van der Waals surface area contributed by atoms with E-state index in [1.54, 1.807) is 5.56 Å². The summed E-state index contributed by atoms with van der Waals surface area (Å²) in [6.07, 6.45) is 7.93. The molecule has 1 aromatic carbocycles. The standard InChI is InChI=1S/C16H23Br/c1-3-12-8-9-14(4-2)15(10-12)16(17)11-13-6-5-7-13/h8-10,13,16H,3-7,11H2,1-2H3. The minimum absolute atomic E-state index is 0.564. The highest BCUT2D eigenvalue weighted by molar-refractivity contribution is 9.09. The van der Waals surface area contributed by atoms with Crippen LogP contribution in [-0.2, 0) is 12.8 Å². The van der Waals surface area contributed by atoms with Gasteiger partial charge in [-0.25, -0.2) is 0 Å². The van der Waals surface area contributed by atoms with E-state index in [9.17, 15) is 0 Å². The molecular formula is C16H23Br. The van der Waals surface area contributed by atoms with Crippen molar-refractivity contribution < 1.29 is 0 Å². The first-order valence-electron chi connectivity index (χ1n) is 7.00. The topological polar surface area (TPSA) is 0 Å². The highest BCUT2D eigenvalue weighted by atomic mass is 79.9. The summed E-state index contributed by atoms with van der Waals surface area (Å²) in [7, 11) is 0. The van der Waals surface area contributed by atoms with E-state index in [-0.39, 0.29) is 0 Å². The highest BCUT2D eigenvalue weighted by Gasteiger charge is 2.22. The fourth-order valence-corrected chi connectivity index (χ4v) is 3.58. The molecule has 1 heteroatoms. The minimum atomic E-state index is 0.564. The molecular weight excluding hydrogens is 272 g/mol. The zero-order valence-electron chi connectivity index (χ0n) is 11.0. The molecule has 1 fully saturated rings. The molecule has 0 amide bonds. The van der Waals surface area contributed by atoms with Gasteiger partial charge in [0, 0.05) is 4.83 Å². The van der Waals surface area contributed by atoms with Crippen molar-refractivity contribution in [2.75, 3.05) is 0 Å². The van der Waals surface area contributed by atoms with E-state index in [0.29, 0.717) is 4.83 Å². The van der Waals surface area contributed by atoms with Crippen LogP contribution in [0, 0.1) is 5.92 Å². The Morgan fingerprint density at radius 1 is 1.24 bits per heavy atom. The molecule has 1 aromatic rings. The number of hydrogen-bond acceptors (Lipinski definition) is 0. The van der Waals surface area contributed by atoms with Gasteiger partial charge in [-0.05, 0) is 41.9 Å². The lowest BCUT2D eigenvalue weighted by atomic mass is 9.80. The van der Waals surface area contributed by atoms with Gasteiger partial charge in [0.15, 0.2) is 0 Å². The molecule has 94 valence electrons. The Morgan fingerprint density at radius 2 is 2.00 bits per heavy atom. The maximum Gasteiger partial charge on any atom is 0.0400 e. The molecule has 1 aliphatic carbocycles. The first-order valence-corrected chi connectivity index (χ1v) is 7.91. The number of benzene rings is 1. The van der Waals surface area contributed by atoms with Crippen molar-refractivity contribution in [2.45, 2.75) is 57.2 Å². The SMILES string of the molecule is CCc1ccc(CC)c(C(Br)CC2CCC2)c1. The molecule has 0 N–H and O–H groups in total. The fourth-order valence-electron chi connectivity index (χ4n) is 2.63. The summed E-state index contributed by atoms with van der Waals surface area (Å²) in [5.74, 6) is 0.967. The van der Waals surface area contributed by atoms with Crippen LogP contribution in [0.4, 0.5) is 0 Å². The van der Waals surface area contributed by atoms with E-state index in [4.69, 9.17) is 0 Å². The van der Waals surface area contributed by atoms with Crippen molar-refractivity contribution in [2.24, 2.45) is 5.92 Å². The molecule has 0 heterocycles. The van der Waals surface area contributed by atoms with Crippen molar-refractivity contribution in [3.05, 3.63) is 34.9 Å². The molecule has 1 unspecified atom stereocenters. The molecule has 0 radical (unpaired) electrons. The average Bonchev–Trinajstić information content (AvgIpc) is 2.32. The lowest BCUT2D eigenvalue weighted by molar-refractivity contribution is 0.295. The van der Waals surface area contributed by atoms with Crippen LogP contribution in [0.1, 0.15) is 61.0 Å². The molecule has 0 aromatic heterocycles. The van der Waals surface area contributed by atoms with Crippen molar-refractivity contribution in [3.8, 4) is 0 Å². The van der Waals surface area contributed by atoms with Gasteiger partial charge >= 0.3 is 0 Å². The molecule has 0 saturated heterocycles. The number of aryl methyl sites for hydroxylation is 2. The summed E-state index contributed by atoms with van der Waals surface area (Å²) < 4.78 is 0. The molecule has 17 heavy (non-hydrogen) atoms. The summed E-state index contributed by atoms with van der Waals surface area (Å²) in [6.45, 7) is 4.49. The predicted molar refractivity (Wildman–Crippen MR) is 78.8 cm³/mol. The van der Waals surface area contributed by atoms with Gasteiger partial charge in [0.2, 0.25) is 0 Å². The molecule has 0 nitrogen and oxygen atoms in total. The van der Waals surface area contributed by atoms with E-state index in [2.05, 4.69) is 48.0 Å². The maximum absolute atomic E-state index is 3.92. The van der Waals surface area contributed by atoms with Crippen LogP contribution in [0.3, 0.4) is 0 Å². The normalized spacial score (nSPS) is 17.8. The smallest absolute Gasteiger partial charge is 0.0400 e. The quantitative estimate of drug-likeness (QED) is 0.635. The number of hydrogen-bond donors (Lipinski definition) is 0. The van der Waals surface area contributed by atoms with Crippen LogP contribution < -0.4 is 0 Å². The molecule has 0 aliphatic heterocycles. The lowest BCUT2D eigenvalue weighted by Gasteiger charge is -2.28. The van der Waals surface area contributed by atoms with Gasteiger partial charge in [0.1, 0.15) is 0 Å². The lowest BCUT2D eigenvalue weighted by Crippen LogP contribution is -2.13. The number of halogens is 1. The zero-order valence-corrected chi connectivity index (χ0v) is 12.6. The third-order valence-corrected chi connectivity index (χ3v) is 4.97. The van der Waals surface area contributed by atoms with Crippen LogP contribution in [0.25, 0.3) is 0 Å². The van der Waals surface area contributed by atoms with Crippen LogP contribution in [0.15, 0.2) is 18.2 Å². The molecule has 1 aliphatic rings. The van der Waals surface area contributed by atoms with E-state index < -0.39 is 0 Å². The summed E-state index contributed by atoms with van der Waals surface area (Å²) in [5, 5.41) is 0. The van der Waals surface area contributed by atoms with E-state index in [0.717, 1.165) is 18.8 Å². The van der Waals surface area contributed by atoms with E-state index in [1.165, 1.54) is 36.8 Å². The minimum Gasteiger partial charge on any atom is -0.0839 e. The van der Waals surface area contributed by atoms with Crippen molar-refractivity contribution in [3.63, 3.8) is 0 Å². The Morgan fingerprint density at radius 3 is 2.53 bits per heavy atom. The van der Waals surface area contributed by atoms with Crippen LogP contribution in [-0.4, -0.2) is 0 Å². The molecule has 1 saturated carbocycles. The highest BCUT2D eigenvalue weighted by Crippen LogP contribution is 2.40. The third-order valence-electron chi connectivity index (χ3n) is 4.10. The predicted octanol–water partition coefficient (Wildman–Crippen LogP) is 5.44. The van der Waals surface area contributed by atoms with Gasteiger partial charge < -0.3 is 0 Å².